The Balaban J connectivity index is 2.18. The van der Waals surface area contributed by atoms with Crippen LogP contribution < -0.4 is 14.2 Å². The first-order chi connectivity index (χ1) is 13.2. The van der Waals surface area contributed by atoms with E-state index in [0.29, 0.717) is 30.5 Å². The van der Waals surface area contributed by atoms with Gasteiger partial charge < -0.3 is 14.2 Å². The van der Waals surface area contributed by atoms with Crippen molar-refractivity contribution in [1.82, 2.24) is 0 Å². The molecule has 0 unspecified atom stereocenters. The van der Waals surface area contributed by atoms with E-state index < -0.39 is 5.97 Å². The molecule has 2 aromatic rings. The lowest BCUT2D eigenvalue weighted by Crippen LogP contribution is -2.15. The molecule has 0 heterocycles. The predicted octanol–water partition coefficient (Wildman–Crippen LogP) is 5.71. The van der Waals surface area contributed by atoms with E-state index in [2.05, 4.69) is 26.8 Å². The molecule has 0 aromatic heterocycles. The van der Waals surface area contributed by atoms with Crippen molar-refractivity contribution < 1.29 is 19.0 Å². The van der Waals surface area contributed by atoms with Crippen LogP contribution >= 0.6 is 0 Å². The second kappa shape index (κ2) is 9.45. The van der Waals surface area contributed by atoms with E-state index in [9.17, 15) is 4.79 Å². The van der Waals surface area contributed by atoms with Crippen molar-refractivity contribution >= 4 is 12.0 Å². The van der Waals surface area contributed by atoms with Crippen LogP contribution in [0.3, 0.4) is 0 Å². The van der Waals surface area contributed by atoms with E-state index in [-0.39, 0.29) is 5.41 Å². The van der Waals surface area contributed by atoms with E-state index in [1.54, 1.807) is 6.08 Å². The molecule has 0 saturated carbocycles. The van der Waals surface area contributed by atoms with E-state index in [1.807, 2.05) is 51.1 Å². The summed E-state index contributed by atoms with van der Waals surface area (Å²) in [6.07, 6.45) is 3.14. The standard InChI is InChI=1S/C24H30O4/c1-7-26-21-13-10-18(16-22(21)27-8-2)11-14-23(25)28-20-12-9-17(3)15-19(20)24(4,5)6/h9-16H,7-8H2,1-6H3/b14-11+. The van der Waals surface area contributed by atoms with E-state index in [0.717, 1.165) is 16.7 Å². The third-order valence-corrected chi connectivity index (χ3v) is 4.13. The van der Waals surface area contributed by atoms with Gasteiger partial charge >= 0.3 is 5.97 Å². The summed E-state index contributed by atoms with van der Waals surface area (Å²) in [5, 5.41) is 0. The summed E-state index contributed by atoms with van der Waals surface area (Å²) in [6, 6.07) is 11.4. The minimum Gasteiger partial charge on any atom is -0.490 e. The number of carbonyl (C=O) groups is 1. The minimum absolute atomic E-state index is 0.118. The SMILES string of the molecule is CCOc1ccc(/C=C/C(=O)Oc2ccc(C)cc2C(C)(C)C)cc1OCC. The Morgan fingerprint density at radius 2 is 1.57 bits per heavy atom. The van der Waals surface area contributed by atoms with Gasteiger partial charge in [-0.2, -0.15) is 0 Å². The van der Waals surface area contributed by atoms with Gasteiger partial charge in [-0.25, -0.2) is 4.79 Å². The van der Waals surface area contributed by atoms with Crippen LogP contribution in [-0.2, 0) is 10.2 Å². The number of benzene rings is 2. The number of hydrogen-bond acceptors (Lipinski definition) is 4. The lowest BCUT2D eigenvalue weighted by molar-refractivity contribution is -0.129. The number of aryl methyl sites for hydroxylation is 1. The Kier molecular flexibility index (Phi) is 7.27. The summed E-state index contributed by atoms with van der Waals surface area (Å²) in [6.45, 7) is 13.3. The van der Waals surface area contributed by atoms with Crippen molar-refractivity contribution in [2.24, 2.45) is 0 Å². The average Bonchev–Trinajstić information content (AvgIpc) is 2.63. The van der Waals surface area contributed by atoms with Gasteiger partial charge in [0.15, 0.2) is 11.5 Å². The Labute approximate surface area is 168 Å². The lowest BCUT2D eigenvalue weighted by Gasteiger charge is -2.22. The van der Waals surface area contributed by atoms with Crippen molar-refractivity contribution in [3.8, 4) is 17.2 Å². The molecule has 28 heavy (non-hydrogen) atoms. The molecule has 0 aliphatic carbocycles. The molecule has 0 radical (unpaired) electrons. The zero-order valence-corrected chi connectivity index (χ0v) is 17.7. The zero-order valence-electron chi connectivity index (χ0n) is 17.7. The van der Waals surface area contributed by atoms with Crippen molar-refractivity contribution in [1.29, 1.82) is 0 Å². The van der Waals surface area contributed by atoms with Crippen molar-refractivity contribution in [3.63, 3.8) is 0 Å². The Hall–Kier alpha value is -2.75. The van der Waals surface area contributed by atoms with Gasteiger partial charge in [-0.15, -0.1) is 0 Å². The summed E-state index contributed by atoms with van der Waals surface area (Å²) in [5.74, 6) is 1.53. The maximum Gasteiger partial charge on any atom is 0.336 e. The largest absolute Gasteiger partial charge is 0.490 e. The molecule has 0 bridgehead atoms. The molecule has 150 valence electrons. The summed E-state index contributed by atoms with van der Waals surface area (Å²) in [5.41, 5.74) is 2.86. The van der Waals surface area contributed by atoms with Crippen LogP contribution in [0.2, 0.25) is 0 Å². The zero-order chi connectivity index (χ0) is 20.7. The van der Waals surface area contributed by atoms with Crippen molar-refractivity contribution in [3.05, 3.63) is 59.2 Å². The third-order valence-electron chi connectivity index (χ3n) is 4.13. The highest BCUT2D eigenvalue weighted by Gasteiger charge is 2.20. The maximum absolute atomic E-state index is 12.4. The highest BCUT2D eigenvalue weighted by atomic mass is 16.5. The van der Waals surface area contributed by atoms with Crippen LogP contribution in [0.4, 0.5) is 0 Å². The molecular formula is C24H30O4. The number of rotatable bonds is 7. The van der Waals surface area contributed by atoms with Crippen LogP contribution in [0.15, 0.2) is 42.5 Å². The van der Waals surface area contributed by atoms with Gasteiger partial charge in [-0.1, -0.05) is 44.5 Å². The van der Waals surface area contributed by atoms with Gasteiger partial charge in [-0.3, -0.25) is 0 Å². The molecule has 0 saturated heterocycles. The summed E-state index contributed by atoms with van der Waals surface area (Å²) >= 11 is 0. The monoisotopic (exact) mass is 382 g/mol. The van der Waals surface area contributed by atoms with Crippen molar-refractivity contribution in [2.75, 3.05) is 13.2 Å². The molecule has 0 aliphatic rings. The summed E-state index contributed by atoms with van der Waals surface area (Å²) in [7, 11) is 0. The molecule has 0 spiro atoms. The van der Waals surface area contributed by atoms with Gasteiger partial charge in [0.1, 0.15) is 5.75 Å². The highest BCUT2D eigenvalue weighted by Crippen LogP contribution is 2.32. The third kappa shape index (κ3) is 5.88. The minimum atomic E-state index is -0.416. The second-order valence-corrected chi connectivity index (χ2v) is 7.58. The number of carbonyl (C=O) groups excluding carboxylic acids is 1. The fraction of sp³-hybridized carbons (Fsp3) is 0.375. The molecule has 0 fully saturated rings. The normalized spacial score (nSPS) is 11.5. The van der Waals surface area contributed by atoms with Gasteiger partial charge in [0.25, 0.3) is 0 Å². The second-order valence-electron chi connectivity index (χ2n) is 7.58. The quantitative estimate of drug-likeness (QED) is 0.350. The fourth-order valence-corrected chi connectivity index (χ4v) is 2.80. The molecular weight excluding hydrogens is 352 g/mol. The first-order valence-electron chi connectivity index (χ1n) is 9.65. The number of hydrogen-bond donors (Lipinski definition) is 0. The first-order valence-corrected chi connectivity index (χ1v) is 9.65. The van der Waals surface area contributed by atoms with Crippen LogP contribution in [0.25, 0.3) is 6.08 Å². The highest BCUT2D eigenvalue weighted by molar-refractivity contribution is 5.89. The van der Waals surface area contributed by atoms with Gasteiger partial charge in [0, 0.05) is 11.6 Å². The molecule has 0 amide bonds. The van der Waals surface area contributed by atoms with Gasteiger partial charge in [-0.05, 0) is 56.0 Å². The van der Waals surface area contributed by atoms with E-state index >= 15 is 0 Å². The molecule has 2 aromatic carbocycles. The first kappa shape index (κ1) is 21.5. The molecule has 0 N–H and O–H groups in total. The molecule has 2 rings (SSSR count). The Morgan fingerprint density at radius 1 is 0.929 bits per heavy atom. The predicted molar refractivity (Wildman–Crippen MR) is 113 cm³/mol. The molecule has 4 nitrogen and oxygen atoms in total. The number of esters is 1. The maximum atomic E-state index is 12.4. The van der Waals surface area contributed by atoms with Gasteiger partial charge in [0.05, 0.1) is 13.2 Å². The summed E-state index contributed by atoms with van der Waals surface area (Å²) < 4.78 is 16.8. The van der Waals surface area contributed by atoms with Crippen LogP contribution in [0.1, 0.15) is 51.3 Å². The van der Waals surface area contributed by atoms with Crippen LogP contribution in [-0.4, -0.2) is 19.2 Å². The lowest BCUT2D eigenvalue weighted by atomic mass is 9.85. The Morgan fingerprint density at radius 3 is 2.21 bits per heavy atom. The van der Waals surface area contributed by atoms with Gasteiger partial charge in [0.2, 0.25) is 0 Å². The molecule has 0 atom stereocenters. The van der Waals surface area contributed by atoms with Crippen LogP contribution in [0, 0.1) is 6.92 Å². The summed E-state index contributed by atoms with van der Waals surface area (Å²) in [4.78, 5) is 12.4. The smallest absolute Gasteiger partial charge is 0.336 e. The molecule has 4 heteroatoms. The topological polar surface area (TPSA) is 44.8 Å². The fourth-order valence-electron chi connectivity index (χ4n) is 2.80. The molecule has 0 aliphatic heterocycles. The van der Waals surface area contributed by atoms with Crippen LogP contribution in [0.5, 0.6) is 17.2 Å². The average molecular weight is 383 g/mol. The van der Waals surface area contributed by atoms with Crippen molar-refractivity contribution in [2.45, 2.75) is 47.0 Å². The van der Waals surface area contributed by atoms with E-state index in [4.69, 9.17) is 14.2 Å². The Bertz CT molecular complexity index is 844. The number of ether oxygens (including phenoxy) is 3. The van der Waals surface area contributed by atoms with E-state index in [1.165, 1.54) is 6.08 Å².